The van der Waals surface area contributed by atoms with Crippen LogP contribution in [0.3, 0.4) is 0 Å². The van der Waals surface area contributed by atoms with Gasteiger partial charge in [-0.25, -0.2) is 9.78 Å². The van der Waals surface area contributed by atoms with Crippen LogP contribution in [0.5, 0.6) is 5.75 Å². The number of allylic oxidation sites excluding steroid dienone is 1. The molecule has 2 aromatic heterocycles. The van der Waals surface area contributed by atoms with Gasteiger partial charge in [0, 0.05) is 31.6 Å². The maximum Gasteiger partial charge on any atom is 0.407 e. The summed E-state index contributed by atoms with van der Waals surface area (Å²) < 4.78 is 19.6. The van der Waals surface area contributed by atoms with Crippen LogP contribution in [0.15, 0.2) is 30.4 Å². The van der Waals surface area contributed by atoms with Crippen LogP contribution in [0.25, 0.3) is 11.0 Å². The van der Waals surface area contributed by atoms with Crippen molar-refractivity contribution in [3.05, 3.63) is 47.3 Å². The quantitative estimate of drug-likeness (QED) is 0.139. The predicted molar refractivity (Wildman–Crippen MR) is 164 cm³/mol. The molecule has 0 aliphatic heterocycles. The van der Waals surface area contributed by atoms with Crippen LogP contribution in [-0.4, -0.2) is 68.6 Å². The van der Waals surface area contributed by atoms with Crippen LogP contribution in [0.1, 0.15) is 74.0 Å². The summed E-state index contributed by atoms with van der Waals surface area (Å²) in [5.41, 5.74) is 7.02. The number of alkyl carbamates (subject to hydrolysis) is 1. The first-order valence-electron chi connectivity index (χ1n) is 14.4. The van der Waals surface area contributed by atoms with Gasteiger partial charge in [0.15, 0.2) is 0 Å². The Balaban J connectivity index is 1.96. The van der Waals surface area contributed by atoms with Crippen molar-refractivity contribution in [2.24, 2.45) is 5.73 Å². The zero-order valence-corrected chi connectivity index (χ0v) is 26.1. The number of aromatic nitrogens is 4. The van der Waals surface area contributed by atoms with Crippen molar-refractivity contribution in [1.29, 1.82) is 0 Å². The summed E-state index contributed by atoms with van der Waals surface area (Å²) in [6, 6.07) is 4.70. The molecule has 0 fully saturated rings. The smallest absolute Gasteiger partial charge is 0.407 e. The average molecular weight is 612 g/mol. The van der Waals surface area contributed by atoms with E-state index in [1.165, 1.54) is 12.1 Å². The molecule has 4 N–H and O–H groups in total. The molecule has 0 radical (unpaired) electrons. The number of nitrogens with zero attached hydrogens (tertiary/aromatic N) is 4. The van der Waals surface area contributed by atoms with Crippen LogP contribution in [-0.2, 0) is 27.4 Å². The normalized spacial score (nSPS) is 11.5. The van der Waals surface area contributed by atoms with Gasteiger partial charge in [-0.2, -0.15) is 5.10 Å². The van der Waals surface area contributed by atoms with Gasteiger partial charge in [0.1, 0.15) is 22.6 Å². The molecule has 1 aromatic carbocycles. The zero-order valence-electron chi connectivity index (χ0n) is 26.1. The van der Waals surface area contributed by atoms with Gasteiger partial charge >= 0.3 is 12.1 Å². The Morgan fingerprint density at radius 3 is 2.50 bits per heavy atom. The van der Waals surface area contributed by atoms with Crippen LogP contribution >= 0.6 is 0 Å². The molecule has 0 aliphatic carbocycles. The van der Waals surface area contributed by atoms with Gasteiger partial charge < -0.3 is 29.8 Å². The summed E-state index contributed by atoms with van der Waals surface area (Å²) in [7, 11) is 0. The van der Waals surface area contributed by atoms with E-state index in [2.05, 4.69) is 20.7 Å². The van der Waals surface area contributed by atoms with E-state index < -0.39 is 23.5 Å². The van der Waals surface area contributed by atoms with Gasteiger partial charge in [-0.3, -0.25) is 24.4 Å². The van der Waals surface area contributed by atoms with E-state index in [1.807, 2.05) is 6.92 Å². The highest BCUT2D eigenvalue weighted by molar-refractivity contribution is 6.04. The number of amides is 3. The summed E-state index contributed by atoms with van der Waals surface area (Å²) in [5.74, 6) is -0.962. The zero-order chi connectivity index (χ0) is 32.4. The highest BCUT2D eigenvalue weighted by Gasteiger charge is 2.22. The molecule has 44 heavy (non-hydrogen) atoms. The number of imidazole rings is 1. The third kappa shape index (κ3) is 9.31. The molecule has 3 aromatic rings. The number of benzene rings is 1. The first-order chi connectivity index (χ1) is 20.8. The lowest BCUT2D eigenvalue weighted by Gasteiger charge is -2.19. The number of rotatable bonds is 14. The second-order valence-electron chi connectivity index (χ2n) is 10.8. The second kappa shape index (κ2) is 15.0. The van der Waals surface area contributed by atoms with E-state index in [0.717, 1.165) is 0 Å². The fraction of sp³-hybridized carbons (Fsp3) is 0.467. The van der Waals surface area contributed by atoms with Gasteiger partial charge in [0.2, 0.25) is 11.9 Å². The number of fused-ring (bicyclic) bond motifs is 1. The molecular formula is C30H41N7O7. The largest absolute Gasteiger partial charge is 0.491 e. The molecule has 0 unspecified atom stereocenters. The molecule has 3 amide bonds. The highest BCUT2D eigenvalue weighted by atomic mass is 16.6. The van der Waals surface area contributed by atoms with Crippen molar-refractivity contribution in [2.75, 3.05) is 25.1 Å². The van der Waals surface area contributed by atoms with E-state index in [-0.39, 0.29) is 50.2 Å². The highest BCUT2D eigenvalue weighted by Crippen LogP contribution is 2.31. The monoisotopic (exact) mass is 611 g/mol. The molecule has 0 aliphatic rings. The molecule has 3 rings (SSSR count). The fourth-order valence-corrected chi connectivity index (χ4v) is 4.24. The third-order valence-electron chi connectivity index (χ3n) is 6.06. The molecule has 0 spiro atoms. The lowest BCUT2D eigenvalue weighted by molar-refractivity contribution is -0.143. The number of primary amides is 1. The predicted octanol–water partition coefficient (Wildman–Crippen LogP) is 3.72. The Morgan fingerprint density at radius 1 is 1.09 bits per heavy atom. The minimum absolute atomic E-state index is 0.146. The topological polar surface area (TPSA) is 182 Å². The second-order valence-corrected chi connectivity index (χ2v) is 10.8. The summed E-state index contributed by atoms with van der Waals surface area (Å²) in [6.07, 6.45) is 3.49. The van der Waals surface area contributed by atoms with Crippen LogP contribution < -0.4 is 21.1 Å². The Hall–Kier alpha value is -4.88. The van der Waals surface area contributed by atoms with E-state index in [4.69, 9.17) is 19.9 Å². The molecule has 0 atom stereocenters. The number of carbonyl (C=O) groups is 4. The number of hydrogen-bond acceptors (Lipinski definition) is 9. The first kappa shape index (κ1) is 33.6. The third-order valence-corrected chi connectivity index (χ3v) is 6.06. The maximum atomic E-state index is 13.3. The van der Waals surface area contributed by atoms with Gasteiger partial charge in [-0.15, -0.1) is 0 Å². The lowest BCUT2D eigenvalue weighted by Crippen LogP contribution is -2.32. The number of anilines is 1. The van der Waals surface area contributed by atoms with Crippen LogP contribution in [0.4, 0.5) is 10.7 Å². The van der Waals surface area contributed by atoms with Gasteiger partial charge in [0.25, 0.3) is 5.91 Å². The summed E-state index contributed by atoms with van der Waals surface area (Å²) in [5, 5.41) is 9.86. The van der Waals surface area contributed by atoms with E-state index in [9.17, 15) is 19.2 Å². The Morgan fingerprint density at radius 2 is 1.84 bits per heavy atom. The van der Waals surface area contributed by atoms with Crippen molar-refractivity contribution < 1.29 is 33.4 Å². The molecule has 0 bridgehead atoms. The van der Waals surface area contributed by atoms with Crippen molar-refractivity contribution in [3.63, 3.8) is 0 Å². The molecule has 2 heterocycles. The first-order valence-corrected chi connectivity index (χ1v) is 14.4. The standard InChI is InChI=1S/C30H41N7O7/c1-7-37-22(16-19(3)35-37)27(40)34-28-33-21-17-20(26(31)39)18-23(43-15-11-12-24(38)42-8-2)25(21)36(28)14-10-9-13-32-29(41)44-30(4,5)6/h9-10,16-18H,7-8,11-15H2,1-6H3,(H2,31,39)(H,32,41)(H,33,34,40)/b10-9+. The number of nitrogens with one attached hydrogen (secondary N) is 2. The molecular weight excluding hydrogens is 570 g/mol. The van der Waals surface area contributed by atoms with Gasteiger partial charge in [0.05, 0.1) is 24.4 Å². The SMILES string of the molecule is CCOC(=O)CCCOc1cc(C(N)=O)cc2nc(NC(=O)c3cc(C)nn3CC)n(C/C=C/CNC(=O)OC(C)(C)C)c12. The Bertz CT molecular complexity index is 1530. The molecule has 0 saturated heterocycles. The molecule has 14 heteroatoms. The fourth-order valence-electron chi connectivity index (χ4n) is 4.24. The Kier molecular flexibility index (Phi) is 11.5. The number of ether oxygens (including phenoxy) is 3. The lowest BCUT2D eigenvalue weighted by atomic mass is 10.1. The van der Waals surface area contributed by atoms with E-state index >= 15 is 0 Å². The van der Waals surface area contributed by atoms with Crippen molar-refractivity contribution in [1.82, 2.24) is 24.6 Å². The van der Waals surface area contributed by atoms with Gasteiger partial charge in [-0.05, 0) is 66.2 Å². The number of carbonyl (C=O) groups excluding carboxylic acids is 4. The van der Waals surface area contributed by atoms with Gasteiger partial charge in [-0.1, -0.05) is 12.2 Å². The Labute approximate surface area is 255 Å². The summed E-state index contributed by atoms with van der Waals surface area (Å²) in [4.78, 5) is 53.9. The van der Waals surface area contributed by atoms with E-state index in [1.54, 1.807) is 62.1 Å². The van der Waals surface area contributed by atoms with Crippen LogP contribution in [0, 0.1) is 6.92 Å². The number of nitrogens with two attached hydrogens (primary N) is 1. The minimum atomic E-state index is -0.682. The summed E-state index contributed by atoms with van der Waals surface area (Å²) >= 11 is 0. The maximum absolute atomic E-state index is 13.3. The summed E-state index contributed by atoms with van der Waals surface area (Å²) in [6.45, 7) is 12.1. The molecule has 238 valence electrons. The van der Waals surface area contributed by atoms with Crippen molar-refractivity contribution in [2.45, 2.75) is 73.1 Å². The van der Waals surface area contributed by atoms with Crippen LogP contribution in [0.2, 0.25) is 0 Å². The number of esters is 1. The van der Waals surface area contributed by atoms with Crippen molar-refractivity contribution >= 4 is 40.9 Å². The molecule has 0 saturated carbocycles. The minimum Gasteiger partial charge on any atom is -0.491 e. The van der Waals surface area contributed by atoms with Crippen molar-refractivity contribution in [3.8, 4) is 5.75 Å². The average Bonchev–Trinajstić information content (AvgIpc) is 3.49. The van der Waals surface area contributed by atoms with E-state index in [0.29, 0.717) is 41.1 Å². The molecule has 14 nitrogen and oxygen atoms in total. The number of hydrogen-bond donors (Lipinski definition) is 3. The number of aryl methyl sites for hydroxylation is 2.